The predicted molar refractivity (Wildman–Crippen MR) is 50.3 cm³/mol. The lowest BCUT2D eigenvalue weighted by Gasteiger charge is -1.97. The van der Waals surface area contributed by atoms with Crippen molar-refractivity contribution in [2.75, 3.05) is 6.61 Å². The van der Waals surface area contributed by atoms with Crippen LogP contribution in [0.5, 0.6) is 0 Å². The van der Waals surface area contributed by atoms with Crippen LogP contribution in [-0.4, -0.2) is 17.5 Å². The molecule has 0 N–H and O–H groups in total. The third-order valence-corrected chi connectivity index (χ3v) is 1.50. The summed E-state index contributed by atoms with van der Waals surface area (Å²) in [4.78, 5) is 20.9. The highest BCUT2D eigenvalue weighted by molar-refractivity contribution is 5.90. The number of hydrogen-bond acceptors (Lipinski definition) is 5. The molecule has 0 saturated heterocycles. The van der Waals surface area contributed by atoms with Gasteiger partial charge in [-0.3, -0.25) is 10.1 Å². The Morgan fingerprint density at radius 2 is 2.47 bits per heavy atom. The number of carbonyl (C=O) groups is 1. The molecule has 1 rings (SSSR count). The Hall–Kier alpha value is -2.11. The average molecular weight is 211 g/mol. The molecule has 0 amide bonds. The van der Waals surface area contributed by atoms with Gasteiger partial charge in [-0.05, 0) is 19.1 Å². The summed E-state index contributed by atoms with van der Waals surface area (Å²) in [6, 6.07) is 3.07. The van der Waals surface area contributed by atoms with Crippen molar-refractivity contribution < 1.29 is 18.9 Å². The predicted octanol–water partition coefficient (Wildman–Crippen LogP) is 1.46. The smallest absolute Gasteiger partial charge is 0.410 e. The molecule has 0 aliphatic rings. The zero-order valence-corrected chi connectivity index (χ0v) is 8.00. The number of furan rings is 1. The van der Waals surface area contributed by atoms with Crippen LogP contribution in [0.25, 0.3) is 6.08 Å². The molecule has 0 bridgehead atoms. The number of nitrogens with zero attached hydrogens (tertiary/aromatic N) is 1. The van der Waals surface area contributed by atoms with E-state index in [1.807, 2.05) is 0 Å². The summed E-state index contributed by atoms with van der Waals surface area (Å²) >= 11 is 0. The van der Waals surface area contributed by atoms with E-state index in [-0.39, 0.29) is 12.4 Å². The lowest BCUT2D eigenvalue weighted by atomic mass is 10.3. The van der Waals surface area contributed by atoms with Crippen LogP contribution in [0.3, 0.4) is 0 Å². The van der Waals surface area contributed by atoms with Crippen LogP contribution >= 0.6 is 0 Å². The average Bonchev–Trinajstić information content (AvgIpc) is 2.66. The number of nitro groups is 1. The first-order valence-electron chi connectivity index (χ1n) is 4.22. The molecule has 1 heterocycles. The summed E-state index contributed by atoms with van der Waals surface area (Å²) in [5, 5.41) is 10.5. The van der Waals surface area contributed by atoms with Crippen molar-refractivity contribution >= 4 is 12.0 Å². The number of ether oxygens (including phenoxy) is 1. The number of carbonyl (C=O) groups excluding carboxylic acids is 1. The van der Waals surface area contributed by atoms with Crippen molar-refractivity contribution in [2.24, 2.45) is 0 Å². The fourth-order valence-electron chi connectivity index (χ4n) is 0.899. The second kappa shape index (κ2) is 4.94. The molecule has 0 spiro atoms. The van der Waals surface area contributed by atoms with Gasteiger partial charge in [-0.15, -0.1) is 0 Å². The van der Waals surface area contributed by atoms with Crippen LogP contribution < -0.4 is 0 Å². The maximum atomic E-state index is 11.1. The summed E-state index contributed by atoms with van der Waals surface area (Å²) in [6.07, 6.45) is 2.38. The Kier molecular flexibility index (Phi) is 3.61. The summed E-state index contributed by atoms with van der Waals surface area (Å²) in [5.41, 5.74) is -0.646. The summed E-state index contributed by atoms with van der Waals surface area (Å²) in [6.45, 7) is 1.66. The van der Waals surface area contributed by atoms with E-state index in [4.69, 9.17) is 4.42 Å². The normalized spacial score (nSPS) is 11.1. The van der Waals surface area contributed by atoms with Gasteiger partial charge in [-0.2, -0.15) is 0 Å². The van der Waals surface area contributed by atoms with Gasteiger partial charge in [-0.25, -0.2) is 4.79 Å². The van der Waals surface area contributed by atoms with E-state index in [2.05, 4.69) is 4.74 Å². The first-order chi connectivity index (χ1) is 7.15. The van der Waals surface area contributed by atoms with Crippen LogP contribution in [0.2, 0.25) is 0 Å². The molecule has 1 aromatic rings. The van der Waals surface area contributed by atoms with Gasteiger partial charge in [0, 0.05) is 0 Å². The Labute approximate surface area is 85.3 Å². The van der Waals surface area contributed by atoms with Gasteiger partial charge in [0.25, 0.3) is 0 Å². The molecule has 6 heteroatoms. The highest BCUT2D eigenvalue weighted by atomic mass is 16.6. The van der Waals surface area contributed by atoms with E-state index < -0.39 is 16.6 Å². The second-order valence-electron chi connectivity index (χ2n) is 2.52. The fourth-order valence-corrected chi connectivity index (χ4v) is 0.899. The van der Waals surface area contributed by atoms with Crippen molar-refractivity contribution in [1.29, 1.82) is 0 Å². The molecule has 0 aliphatic heterocycles. The van der Waals surface area contributed by atoms with E-state index in [9.17, 15) is 14.9 Å². The third-order valence-electron chi connectivity index (χ3n) is 1.50. The highest BCUT2D eigenvalue weighted by Crippen LogP contribution is 2.09. The molecule has 6 nitrogen and oxygen atoms in total. The molecule has 1 aromatic heterocycles. The molecule has 0 radical (unpaired) electrons. The number of esters is 1. The topological polar surface area (TPSA) is 82.6 Å². The van der Waals surface area contributed by atoms with Gasteiger partial charge in [-0.1, -0.05) is 0 Å². The number of hydrogen-bond donors (Lipinski definition) is 0. The van der Waals surface area contributed by atoms with Crippen molar-refractivity contribution in [3.63, 3.8) is 0 Å². The van der Waals surface area contributed by atoms with E-state index in [1.165, 1.54) is 12.3 Å². The first kappa shape index (κ1) is 11.0. The quantitative estimate of drug-likeness (QED) is 0.326. The van der Waals surface area contributed by atoms with Gasteiger partial charge in [0.1, 0.15) is 5.76 Å². The molecule has 0 fully saturated rings. The van der Waals surface area contributed by atoms with Crippen LogP contribution in [0.4, 0.5) is 0 Å². The molecule has 0 saturated carbocycles. The Morgan fingerprint density at radius 1 is 1.73 bits per heavy atom. The van der Waals surface area contributed by atoms with Crippen LogP contribution in [0, 0.1) is 10.1 Å². The van der Waals surface area contributed by atoms with E-state index in [0.29, 0.717) is 0 Å². The highest BCUT2D eigenvalue weighted by Gasteiger charge is 2.23. The maximum Gasteiger partial charge on any atom is 0.410 e. The monoisotopic (exact) mass is 211 g/mol. The SMILES string of the molecule is CCOC(=O)C(=Cc1ccco1)[N+](=O)[O-]. The summed E-state index contributed by atoms with van der Waals surface area (Å²) < 4.78 is 9.38. The minimum atomic E-state index is -0.973. The van der Waals surface area contributed by atoms with Gasteiger partial charge in [0.05, 0.1) is 23.9 Å². The molecular weight excluding hydrogens is 202 g/mol. The van der Waals surface area contributed by atoms with Crippen molar-refractivity contribution in [3.05, 3.63) is 40.0 Å². The Balaban J connectivity index is 2.92. The van der Waals surface area contributed by atoms with Gasteiger partial charge in [0.2, 0.25) is 0 Å². The molecule has 0 atom stereocenters. The summed E-state index contributed by atoms with van der Waals surface area (Å²) in [5.74, 6) is -0.742. The lowest BCUT2D eigenvalue weighted by molar-refractivity contribution is -0.419. The molecule has 0 aliphatic carbocycles. The van der Waals surface area contributed by atoms with Crippen LogP contribution in [-0.2, 0) is 9.53 Å². The van der Waals surface area contributed by atoms with Crippen LogP contribution in [0.15, 0.2) is 28.5 Å². The fraction of sp³-hybridized carbons (Fsp3) is 0.222. The van der Waals surface area contributed by atoms with Crippen molar-refractivity contribution in [2.45, 2.75) is 6.92 Å². The Morgan fingerprint density at radius 3 is 2.93 bits per heavy atom. The van der Waals surface area contributed by atoms with E-state index >= 15 is 0 Å². The zero-order valence-electron chi connectivity index (χ0n) is 8.00. The van der Waals surface area contributed by atoms with Crippen molar-refractivity contribution in [1.82, 2.24) is 0 Å². The van der Waals surface area contributed by atoms with Crippen molar-refractivity contribution in [3.8, 4) is 0 Å². The van der Waals surface area contributed by atoms with E-state index in [0.717, 1.165) is 6.08 Å². The molecule has 15 heavy (non-hydrogen) atoms. The maximum absolute atomic E-state index is 11.1. The van der Waals surface area contributed by atoms with E-state index in [1.54, 1.807) is 13.0 Å². The standard InChI is InChI=1S/C9H9NO5/c1-2-14-9(11)8(10(12)13)6-7-4-3-5-15-7/h3-6H,2H2,1H3. The molecule has 0 unspecified atom stereocenters. The second-order valence-corrected chi connectivity index (χ2v) is 2.52. The molecule has 80 valence electrons. The third kappa shape index (κ3) is 2.94. The van der Waals surface area contributed by atoms with Gasteiger partial charge < -0.3 is 9.15 Å². The molecular formula is C9H9NO5. The largest absolute Gasteiger partial charge is 0.465 e. The lowest BCUT2D eigenvalue weighted by Crippen LogP contribution is -2.14. The minimum Gasteiger partial charge on any atom is -0.465 e. The number of rotatable bonds is 4. The minimum absolute atomic E-state index is 0.0855. The van der Waals surface area contributed by atoms with Crippen LogP contribution in [0.1, 0.15) is 12.7 Å². The first-order valence-corrected chi connectivity index (χ1v) is 4.22. The van der Waals surface area contributed by atoms with Gasteiger partial charge in [0.15, 0.2) is 0 Å². The van der Waals surface area contributed by atoms with Gasteiger partial charge >= 0.3 is 11.7 Å². The zero-order chi connectivity index (χ0) is 11.3. The molecule has 0 aromatic carbocycles. The Bertz CT molecular complexity index is 379. The summed E-state index contributed by atoms with van der Waals surface area (Å²) in [7, 11) is 0.